The first-order valence-electron chi connectivity index (χ1n) is 7.14. The number of nitrogens with two attached hydrogens (primary N) is 1. The van der Waals surface area contributed by atoms with Gasteiger partial charge in [0.25, 0.3) is 0 Å². The number of nitrogens with zero attached hydrogens (tertiary/aromatic N) is 2. The molecule has 0 spiro atoms. The zero-order chi connectivity index (χ0) is 14.8. The number of carbonyl (C=O) groups is 1. The lowest BCUT2D eigenvalue weighted by Gasteiger charge is -2.14. The van der Waals surface area contributed by atoms with Crippen LogP contribution >= 0.6 is 15.9 Å². The summed E-state index contributed by atoms with van der Waals surface area (Å²) in [7, 11) is 0. The zero-order valence-corrected chi connectivity index (χ0v) is 13.2. The molecule has 112 valence electrons. The molecule has 6 nitrogen and oxygen atoms in total. The number of nitrogens with one attached hydrogen (secondary N) is 2. The summed E-state index contributed by atoms with van der Waals surface area (Å²) < 4.78 is 0.893. The van der Waals surface area contributed by atoms with E-state index in [0.29, 0.717) is 30.4 Å². The lowest BCUT2D eigenvalue weighted by Crippen LogP contribution is -2.31. The van der Waals surface area contributed by atoms with Crippen molar-refractivity contribution in [3.05, 3.63) is 22.6 Å². The lowest BCUT2D eigenvalue weighted by atomic mass is 10.00. The van der Waals surface area contributed by atoms with Crippen LogP contribution in [0.3, 0.4) is 0 Å². The Labute approximate surface area is 131 Å². The molecule has 0 unspecified atom stereocenters. The SMILES string of the molecule is N[C@@H]1CCC[C@H]1CC(=O)NCc1nc2ncc(Br)cc2[nH]1. The van der Waals surface area contributed by atoms with Gasteiger partial charge in [-0.05, 0) is 40.8 Å². The Kier molecular flexibility index (Phi) is 4.21. The lowest BCUT2D eigenvalue weighted by molar-refractivity contribution is -0.122. The predicted octanol–water partition coefficient (Wildman–Crippen LogP) is 1.85. The smallest absolute Gasteiger partial charge is 0.220 e. The van der Waals surface area contributed by atoms with E-state index in [4.69, 9.17) is 5.73 Å². The number of pyridine rings is 1. The fourth-order valence-electron chi connectivity index (χ4n) is 2.82. The van der Waals surface area contributed by atoms with Crippen LogP contribution in [0.25, 0.3) is 11.2 Å². The standard InChI is InChI=1S/C14H18BrN5O/c15-9-5-11-14(18-6-9)20-12(19-11)7-17-13(21)4-8-2-1-3-10(8)16/h5-6,8,10H,1-4,7,16H2,(H,17,21)(H,18,19,20)/t8-,10+/m0/s1. The number of imidazole rings is 1. The maximum atomic E-state index is 12.0. The Morgan fingerprint density at radius 2 is 2.38 bits per heavy atom. The van der Waals surface area contributed by atoms with Crippen LogP contribution in [0.15, 0.2) is 16.7 Å². The van der Waals surface area contributed by atoms with E-state index in [0.717, 1.165) is 29.3 Å². The third-order valence-corrected chi connectivity index (χ3v) is 4.41. The number of aromatic nitrogens is 3. The predicted molar refractivity (Wildman–Crippen MR) is 83.4 cm³/mol. The van der Waals surface area contributed by atoms with Gasteiger partial charge >= 0.3 is 0 Å². The van der Waals surface area contributed by atoms with E-state index < -0.39 is 0 Å². The Hall–Kier alpha value is -1.47. The van der Waals surface area contributed by atoms with Crippen molar-refractivity contribution in [2.24, 2.45) is 11.7 Å². The summed E-state index contributed by atoms with van der Waals surface area (Å²) in [6.45, 7) is 0.384. The molecule has 0 bridgehead atoms. The van der Waals surface area contributed by atoms with Gasteiger partial charge in [-0.15, -0.1) is 0 Å². The minimum atomic E-state index is 0.0342. The van der Waals surface area contributed by atoms with E-state index in [9.17, 15) is 4.79 Å². The molecule has 1 fully saturated rings. The Morgan fingerprint density at radius 3 is 3.14 bits per heavy atom. The number of hydrogen-bond donors (Lipinski definition) is 3. The van der Waals surface area contributed by atoms with Crippen LogP contribution in [0.4, 0.5) is 0 Å². The van der Waals surface area contributed by atoms with Crippen molar-refractivity contribution in [3.63, 3.8) is 0 Å². The summed E-state index contributed by atoms with van der Waals surface area (Å²) in [4.78, 5) is 23.7. The molecule has 21 heavy (non-hydrogen) atoms. The molecule has 0 saturated heterocycles. The molecule has 4 N–H and O–H groups in total. The summed E-state index contributed by atoms with van der Waals surface area (Å²) in [6, 6.07) is 2.08. The van der Waals surface area contributed by atoms with Crippen LogP contribution < -0.4 is 11.1 Å². The monoisotopic (exact) mass is 351 g/mol. The van der Waals surface area contributed by atoms with Gasteiger partial charge in [0.2, 0.25) is 5.91 Å². The largest absolute Gasteiger partial charge is 0.349 e. The highest BCUT2D eigenvalue weighted by atomic mass is 79.9. The topological polar surface area (TPSA) is 96.7 Å². The Balaban J connectivity index is 1.57. The molecule has 2 aromatic heterocycles. The highest BCUT2D eigenvalue weighted by Crippen LogP contribution is 2.26. The third-order valence-electron chi connectivity index (χ3n) is 3.97. The van der Waals surface area contributed by atoms with Gasteiger partial charge < -0.3 is 16.0 Å². The fourth-order valence-corrected chi connectivity index (χ4v) is 3.15. The zero-order valence-electron chi connectivity index (χ0n) is 11.6. The summed E-state index contributed by atoms with van der Waals surface area (Å²) in [5.41, 5.74) is 7.49. The molecule has 2 aromatic rings. The molecule has 1 amide bonds. The van der Waals surface area contributed by atoms with Crippen molar-refractivity contribution in [1.29, 1.82) is 0 Å². The van der Waals surface area contributed by atoms with Crippen LogP contribution in [-0.2, 0) is 11.3 Å². The van der Waals surface area contributed by atoms with Crippen molar-refractivity contribution in [2.75, 3.05) is 0 Å². The molecule has 0 aromatic carbocycles. The quantitative estimate of drug-likeness (QED) is 0.782. The molecule has 2 heterocycles. The van der Waals surface area contributed by atoms with Crippen LogP contribution in [0.1, 0.15) is 31.5 Å². The van der Waals surface area contributed by atoms with Crippen molar-refractivity contribution in [1.82, 2.24) is 20.3 Å². The summed E-state index contributed by atoms with van der Waals surface area (Å²) in [5, 5.41) is 2.89. The molecule has 1 aliphatic carbocycles. The first-order valence-corrected chi connectivity index (χ1v) is 7.93. The van der Waals surface area contributed by atoms with Crippen LogP contribution in [0, 0.1) is 5.92 Å². The summed E-state index contributed by atoms with van der Waals surface area (Å²) in [6.07, 6.45) is 5.42. The molecule has 2 atom stereocenters. The Morgan fingerprint density at radius 1 is 1.52 bits per heavy atom. The average Bonchev–Trinajstić information content (AvgIpc) is 3.02. The first-order chi connectivity index (χ1) is 10.1. The van der Waals surface area contributed by atoms with Gasteiger partial charge in [-0.2, -0.15) is 0 Å². The van der Waals surface area contributed by atoms with Crippen molar-refractivity contribution in [3.8, 4) is 0 Å². The van der Waals surface area contributed by atoms with Gasteiger partial charge in [-0.3, -0.25) is 4.79 Å². The number of hydrogen-bond acceptors (Lipinski definition) is 4. The number of halogens is 1. The van der Waals surface area contributed by atoms with E-state index in [-0.39, 0.29) is 11.9 Å². The number of amides is 1. The van der Waals surface area contributed by atoms with Crippen LogP contribution in [0.5, 0.6) is 0 Å². The van der Waals surface area contributed by atoms with E-state index in [1.165, 1.54) is 0 Å². The van der Waals surface area contributed by atoms with E-state index in [1.807, 2.05) is 6.07 Å². The van der Waals surface area contributed by atoms with E-state index in [2.05, 4.69) is 36.2 Å². The molecule has 3 rings (SSSR count). The third kappa shape index (κ3) is 3.41. The van der Waals surface area contributed by atoms with Crippen LogP contribution in [0.2, 0.25) is 0 Å². The number of H-pyrrole nitrogens is 1. The van der Waals surface area contributed by atoms with E-state index >= 15 is 0 Å². The molecule has 1 aliphatic rings. The van der Waals surface area contributed by atoms with Gasteiger partial charge in [0.1, 0.15) is 5.82 Å². The van der Waals surface area contributed by atoms with Crippen molar-refractivity contribution in [2.45, 2.75) is 38.3 Å². The summed E-state index contributed by atoms with van der Waals surface area (Å²) >= 11 is 3.37. The normalized spacial score (nSPS) is 21.8. The maximum Gasteiger partial charge on any atom is 0.220 e. The molecular weight excluding hydrogens is 334 g/mol. The maximum absolute atomic E-state index is 12.0. The van der Waals surface area contributed by atoms with Gasteiger partial charge in [0.15, 0.2) is 5.65 Å². The van der Waals surface area contributed by atoms with Gasteiger partial charge in [-0.1, -0.05) is 6.42 Å². The van der Waals surface area contributed by atoms with Gasteiger partial charge in [-0.25, -0.2) is 9.97 Å². The van der Waals surface area contributed by atoms with E-state index in [1.54, 1.807) is 6.20 Å². The second kappa shape index (κ2) is 6.11. The average molecular weight is 352 g/mol. The number of fused-ring (bicyclic) bond motifs is 1. The van der Waals surface area contributed by atoms with Gasteiger partial charge in [0.05, 0.1) is 12.1 Å². The van der Waals surface area contributed by atoms with Crippen LogP contribution in [-0.4, -0.2) is 26.9 Å². The summed E-state index contributed by atoms with van der Waals surface area (Å²) in [5.74, 6) is 1.06. The highest BCUT2D eigenvalue weighted by Gasteiger charge is 2.25. The second-order valence-corrected chi connectivity index (χ2v) is 6.46. The fraction of sp³-hybridized carbons (Fsp3) is 0.500. The molecule has 0 aliphatic heterocycles. The number of rotatable bonds is 4. The van der Waals surface area contributed by atoms with Crippen molar-refractivity contribution >= 4 is 33.0 Å². The minimum absolute atomic E-state index is 0.0342. The molecule has 7 heteroatoms. The second-order valence-electron chi connectivity index (χ2n) is 5.54. The molecule has 1 saturated carbocycles. The Bertz CT molecular complexity index is 656. The highest BCUT2D eigenvalue weighted by molar-refractivity contribution is 9.10. The number of aromatic amines is 1. The number of carbonyl (C=O) groups excluding carboxylic acids is 1. The van der Waals surface area contributed by atoms with Gasteiger partial charge in [0, 0.05) is 23.1 Å². The first kappa shape index (κ1) is 14.5. The minimum Gasteiger partial charge on any atom is -0.349 e. The molecular formula is C14H18BrN5O. The van der Waals surface area contributed by atoms with Crippen molar-refractivity contribution < 1.29 is 4.79 Å². The molecule has 0 radical (unpaired) electrons.